The third kappa shape index (κ3) is 3.89. The molecule has 1 aromatic carbocycles. The number of rotatable bonds is 5. The van der Waals surface area contributed by atoms with Gasteiger partial charge in [-0.15, -0.1) is 0 Å². The lowest BCUT2D eigenvalue weighted by Gasteiger charge is -2.14. The van der Waals surface area contributed by atoms with Crippen LogP contribution >= 0.6 is 11.8 Å². The minimum atomic E-state index is -2.51. The van der Waals surface area contributed by atoms with E-state index in [0.717, 1.165) is 4.90 Å². The number of carbonyl (C=O) groups is 3. The van der Waals surface area contributed by atoms with E-state index in [1.807, 2.05) is 12.2 Å². The number of nitrogens with one attached hydrogen (secondary N) is 1. The lowest BCUT2D eigenvalue weighted by atomic mass is 9.85. The van der Waals surface area contributed by atoms with Gasteiger partial charge in [0.1, 0.15) is 6.54 Å². The third-order valence-corrected chi connectivity index (χ3v) is 4.99. The molecule has 0 radical (unpaired) electrons. The monoisotopic (exact) mass is 366 g/mol. The van der Waals surface area contributed by atoms with Gasteiger partial charge in [-0.1, -0.05) is 23.9 Å². The maximum absolute atomic E-state index is 12.3. The van der Waals surface area contributed by atoms with Crippen molar-refractivity contribution in [3.8, 4) is 0 Å². The second-order valence-electron chi connectivity index (χ2n) is 5.87. The van der Waals surface area contributed by atoms with Crippen molar-refractivity contribution in [1.82, 2.24) is 4.90 Å². The van der Waals surface area contributed by atoms with Crippen LogP contribution < -0.4 is 5.32 Å². The van der Waals surface area contributed by atoms with Crippen LogP contribution in [0.4, 0.5) is 14.5 Å². The van der Waals surface area contributed by atoms with E-state index in [1.165, 1.54) is 24.3 Å². The van der Waals surface area contributed by atoms with E-state index in [4.69, 9.17) is 0 Å². The molecule has 0 saturated carbocycles. The van der Waals surface area contributed by atoms with Gasteiger partial charge in [0, 0.05) is 10.6 Å². The smallest absolute Gasteiger partial charge is 0.288 e. The Morgan fingerprint density at radius 1 is 1.12 bits per heavy atom. The SMILES string of the molecule is O=C(CN1C(=O)[C@@H]2CC=CC[C@H]2C1=O)Nc1ccc(SC(F)F)cc1. The molecule has 8 heteroatoms. The van der Waals surface area contributed by atoms with Crippen LogP contribution in [0, 0.1) is 11.8 Å². The van der Waals surface area contributed by atoms with Crippen LogP contribution in [0.1, 0.15) is 12.8 Å². The summed E-state index contributed by atoms with van der Waals surface area (Å²) in [6.07, 6.45) is 4.82. The molecule has 0 spiro atoms. The molecular formula is C17H16F2N2O3S. The number of fused-ring (bicyclic) bond motifs is 1. The first-order valence-corrected chi connectivity index (χ1v) is 8.68. The Labute approximate surface area is 147 Å². The van der Waals surface area contributed by atoms with Crippen LogP contribution in [0.25, 0.3) is 0 Å². The fourth-order valence-electron chi connectivity index (χ4n) is 3.09. The van der Waals surface area contributed by atoms with E-state index in [0.29, 0.717) is 35.2 Å². The van der Waals surface area contributed by atoms with Gasteiger partial charge in [-0.2, -0.15) is 8.78 Å². The highest BCUT2D eigenvalue weighted by atomic mass is 32.2. The number of alkyl halides is 2. The maximum Gasteiger partial charge on any atom is 0.288 e. The molecule has 1 aromatic rings. The molecule has 2 atom stereocenters. The number of likely N-dealkylation sites (tertiary alicyclic amines) is 1. The molecule has 25 heavy (non-hydrogen) atoms. The number of amides is 3. The summed E-state index contributed by atoms with van der Waals surface area (Å²) in [7, 11) is 0. The highest BCUT2D eigenvalue weighted by Gasteiger charge is 2.47. The quantitative estimate of drug-likeness (QED) is 0.494. The Kier molecular flexibility index (Phi) is 5.17. The molecule has 1 saturated heterocycles. The minimum absolute atomic E-state index is 0.307. The van der Waals surface area contributed by atoms with E-state index in [9.17, 15) is 23.2 Å². The van der Waals surface area contributed by atoms with Gasteiger partial charge in [0.15, 0.2) is 0 Å². The maximum atomic E-state index is 12.3. The van der Waals surface area contributed by atoms with Crippen LogP contribution in [0.2, 0.25) is 0 Å². The van der Waals surface area contributed by atoms with Crippen molar-refractivity contribution < 1.29 is 23.2 Å². The van der Waals surface area contributed by atoms with Gasteiger partial charge in [-0.05, 0) is 37.1 Å². The number of benzene rings is 1. The first-order chi connectivity index (χ1) is 12.0. The Balaban J connectivity index is 1.59. The van der Waals surface area contributed by atoms with Gasteiger partial charge in [-0.3, -0.25) is 19.3 Å². The standard InChI is InChI=1S/C17H16F2N2O3S/c18-17(19)25-11-7-5-10(6-8-11)20-14(22)9-21-15(23)12-3-1-2-4-13(12)16(21)24/h1-2,5-8,12-13,17H,3-4,9H2,(H,20,22)/t12-,13-/m1/s1. The first-order valence-electron chi connectivity index (χ1n) is 7.80. The molecule has 1 fully saturated rings. The Hall–Kier alpha value is -2.22. The minimum Gasteiger partial charge on any atom is -0.325 e. The number of carbonyl (C=O) groups excluding carboxylic acids is 3. The fraction of sp³-hybridized carbons (Fsp3) is 0.353. The van der Waals surface area contributed by atoms with Gasteiger partial charge in [0.25, 0.3) is 5.76 Å². The van der Waals surface area contributed by atoms with E-state index in [-0.39, 0.29) is 30.2 Å². The molecule has 0 bridgehead atoms. The first kappa shape index (κ1) is 17.6. The van der Waals surface area contributed by atoms with E-state index in [2.05, 4.69) is 5.32 Å². The molecule has 1 N–H and O–H groups in total. The lowest BCUT2D eigenvalue weighted by Crippen LogP contribution is -2.38. The summed E-state index contributed by atoms with van der Waals surface area (Å²) in [6.45, 7) is -0.335. The van der Waals surface area contributed by atoms with Crippen molar-refractivity contribution in [3.05, 3.63) is 36.4 Å². The van der Waals surface area contributed by atoms with Crippen molar-refractivity contribution in [2.24, 2.45) is 11.8 Å². The molecule has 1 aliphatic heterocycles. The number of imide groups is 1. The van der Waals surface area contributed by atoms with Gasteiger partial charge in [-0.25, -0.2) is 0 Å². The van der Waals surface area contributed by atoms with Crippen LogP contribution in [0.5, 0.6) is 0 Å². The molecule has 0 aromatic heterocycles. The largest absolute Gasteiger partial charge is 0.325 e. The normalized spacial score (nSPS) is 22.4. The van der Waals surface area contributed by atoms with Crippen molar-refractivity contribution in [2.75, 3.05) is 11.9 Å². The predicted octanol–water partition coefficient (Wildman–Crippen LogP) is 2.89. The van der Waals surface area contributed by atoms with Gasteiger partial charge in [0.2, 0.25) is 17.7 Å². The summed E-state index contributed by atoms with van der Waals surface area (Å²) < 4.78 is 24.6. The highest BCUT2D eigenvalue weighted by molar-refractivity contribution is 7.99. The third-order valence-electron chi connectivity index (χ3n) is 4.26. The Morgan fingerprint density at radius 3 is 2.20 bits per heavy atom. The van der Waals surface area contributed by atoms with Crippen molar-refractivity contribution in [1.29, 1.82) is 0 Å². The molecule has 1 aliphatic carbocycles. The average Bonchev–Trinajstić information content (AvgIpc) is 2.82. The number of anilines is 1. The highest BCUT2D eigenvalue weighted by Crippen LogP contribution is 2.34. The predicted molar refractivity (Wildman–Crippen MR) is 89.0 cm³/mol. The topological polar surface area (TPSA) is 66.5 Å². The number of hydrogen-bond acceptors (Lipinski definition) is 4. The van der Waals surface area contributed by atoms with Crippen LogP contribution in [-0.4, -0.2) is 34.9 Å². The molecule has 3 rings (SSSR count). The average molecular weight is 366 g/mol. The van der Waals surface area contributed by atoms with Crippen molar-refractivity contribution in [2.45, 2.75) is 23.5 Å². The van der Waals surface area contributed by atoms with E-state index < -0.39 is 11.7 Å². The van der Waals surface area contributed by atoms with Gasteiger partial charge in [0.05, 0.1) is 11.8 Å². The Bertz CT molecular complexity index is 695. The molecule has 3 amide bonds. The Morgan fingerprint density at radius 2 is 1.68 bits per heavy atom. The number of nitrogens with zero attached hydrogens (tertiary/aromatic N) is 1. The number of halogens is 2. The van der Waals surface area contributed by atoms with E-state index >= 15 is 0 Å². The second kappa shape index (κ2) is 7.35. The number of hydrogen-bond donors (Lipinski definition) is 1. The van der Waals surface area contributed by atoms with Gasteiger partial charge >= 0.3 is 0 Å². The molecule has 2 aliphatic rings. The van der Waals surface area contributed by atoms with Crippen molar-refractivity contribution in [3.63, 3.8) is 0 Å². The fourth-order valence-corrected chi connectivity index (χ4v) is 3.59. The van der Waals surface area contributed by atoms with Crippen molar-refractivity contribution >= 4 is 35.2 Å². The second-order valence-corrected chi connectivity index (χ2v) is 6.93. The summed E-state index contributed by atoms with van der Waals surface area (Å²) in [5.41, 5.74) is 0.418. The molecule has 1 heterocycles. The summed E-state index contributed by atoms with van der Waals surface area (Å²) in [6, 6.07) is 5.94. The van der Waals surface area contributed by atoms with Gasteiger partial charge < -0.3 is 5.32 Å². The van der Waals surface area contributed by atoms with Crippen LogP contribution in [0.3, 0.4) is 0 Å². The molecule has 5 nitrogen and oxygen atoms in total. The zero-order chi connectivity index (χ0) is 18.0. The lowest BCUT2D eigenvalue weighted by molar-refractivity contribution is -0.142. The molecular weight excluding hydrogens is 350 g/mol. The zero-order valence-corrected chi connectivity index (χ0v) is 14.0. The molecule has 0 unspecified atom stereocenters. The van der Waals surface area contributed by atoms with E-state index in [1.54, 1.807) is 0 Å². The summed E-state index contributed by atoms with van der Waals surface area (Å²) in [4.78, 5) is 38.1. The van der Waals surface area contributed by atoms with Crippen LogP contribution in [-0.2, 0) is 14.4 Å². The summed E-state index contributed by atoms with van der Waals surface area (Å²) in [5.74, 6) is -4.35. The van der Waals surface area contributed by atoms with Crippen LogP contribution in [0.15, 0.2) is 41.3 Å². The number of allylic oxidation sites excluding steroid dienone is 2. The molecule has 132 valence electrons. The summed E-state index contributed by atoms with van der Waals surface area (Å²) >= 11 is 0.415. The zero-order valence-electron chi connectivity index (χ0n) is 13.2. The number of thioether (sulfide) groups is 1. The summed E-state index contributed by atoms with van der Waals surface area (Å²) in [5, 5.41) is 2.57.